The highest BCUT2D eigenvalue weighted by molar-refractivity contribution is 5.90. The van der Waals surface area contributed by atoms with Gasteiger partial charge in [-0.3, -0.25) is 4.79 Å². The van der Waals surface area contributed by atoms with E-state index in [4.69, 9.17) is 24.4 Å². The van der Waals surface area contributed by atoms with Crippen LogP contribution in [0.4, 0.5) is 0 Å². The predicted octanol–water partition coefficient (Wildman–Crippen LogP) is 8.58. The van der Waals surface area contributed by atoms with E-state index in [0.29, 0.717) is 31.8 Å². The summed E-state index contributed by atoms with van der Waals surface area (Å²) in [6.45, 7) is 6.66. The Balaban J connectivity index is 0.000000277. The molecule has 0 heterocycles. The van der Waals surface area contributed by atoms with Crippen molar-refractivity contribution in [2.45, 2.75) is 71.1 Å². The van der Waals surface area contributed by atoms with E-state index in [2.05, 4.69) is 37.8 Å². The number of hydrogen-bond donors (Lipinski definition) is 1. The molecule has 0 unspecified atom stereocenters. The molecule has 4 rings (SSSR count). The summed E-state index contributed by atoms with van der Waals surface area (Å²) in [4.78, 5) is 34.1. The molecule has 8 heteroatoms. The van der Waals surface area contributed by atoms with Crippen LogP contribution in [0.2, 0.25) is 0 Å². The van der Waals surface area contributed by atoms with Crippen LogP contribution in [0.25, 0.3) is 11.1 Å². The van der Waals surface area contributed by atoms with Crippen molar-refractivity contribution in [3.8, 4) is 28.4 Å². The summed E-state index contributed by atoms with van der Waals surface area (Å²) in [7, 11) is 1.64. The number of unbranched alkanes of at least 4 members (excludes halogenated alkanes) is 3. The van der Waals surface area contributed by atoms with Crippen LogP contribution in [-0.4, -0.2) is 44.8 Å². The van der Waals surface area contributed by atoms with E-state index < -0.39 is 0 Å². The third kappa shape index (κ3) is 12.8. The number of ether oxygens (including phenoxy) is 4. The van der Waals surface area contributed by atoms with Crippen LogP contribution < -0.4 is 14.2 Å². The van der Waals surface area contributed by atoms with Crippen LogP contribution in [0.1, 0.15) is 75.8 Å². The summed E-state index contributed by atoms with van der Waals surface area (Å²) >= 11 is 0. The molecule has 0 bridgehead atoms. The van der Waals surface area contributed by atoms with Gasteiger partial charge in [-0.05, 0) is 111 Å². The molecule has 1 N–H and O–H groups in total. The smallest absolute Gasteiger partial charge is 0.330 e. The van der Waals surface area contributed by atoms with Crippen molar-refractivity contribution in [2.24, 2.45) is 11.8 Å². The largest absolute Gasteiger partial charge is 0.497 e. The molecule has 8 nitrogen and oxygen atoms in total. The number of methoxy groups -OCH3 is 1. The second kappa shape index (κ2) is 21.2. The highest BCUT2D eigenvalue weighted by Gasteiger charge is 2.27. The van der Waals surface area contributed by atoms with E-state index in [1.807, 2.05) is 30.3 Å². The normalized spacial score (nSPS) is 15.2. The lowest BCUT2D eigenvalue weighted by Gasteiger charge is -2.23. The number of nitrogens with one attached hydrogen (secondary N) is 1. The number of carbonyl (C=O) groups excluding carboxylic acids is 3. The second-order valence-corrected chi connectivity index (χ2v) is 11.8. The number of benzene rings is 3. The Bertz CT molecular complexity index is 1440. The number of aryl methyl sites for hydroxylation is 1. The minimum atomic E-state index is -0.354. The third-order valence-electron chi connectivity index (χ3n) is 8.28. The summed E-state index contributed by atoms with van der Waals surface area (Å²) in [5.41, 5.74) is 4.02. The van der Waals surface area contributed by atoms with Gasteiger partial charge in [0.1, 0.15) is 23.5 Å². The minimum Gasteiger partial charge on any atom is -0.497 e. The van der Waals surface area contributed by atoms with Crippen molar-refractivity contribution in [1.29, 1.82) is 5.41 Å². The van der Waals surface area contributed by atoms with Crippen molar-refractivity contribution in [3.05, 3.63) is 90.5 Å². The van der Waals surface area contributed by atoms with E-state index in [1.54, 1.807) is 19.2 Å². The molecule has 1 aliphatic rings. The van der Waals surface area contributed by atoms with Gasteiger partial charge in [-0.2, -0.15) is 0 Å². The number of rotatable bonds is 17. The highest BCUT2D eigenvalue weighted by Crippen LogP contribution is 2.31. The zero-order valence-corrected chi connectivity index (χ0v) is 28.3. The first-order valence-corrected chi connectivity index (χ1v) is 16.9. The number of hydrogen-bond acceptors (Lipinski definition) is 8. The molecule has 48 heavy (non-hydrogen) atoms. The molecule has 1 saturated carbocycles. The number of aldehydes is 1. The molecule has 1 fully saturated rings. The molecule has 0 aliphatic heterocycles. The van der Waals surface area contributed by atoms with Crippen molar-refractivity contribution in [2.75, 3.05) is 20.3 Å². The van der Waals surface area contributed by atoms with Crippen LogP contribution in [0.5, 0.6) is 17.2 Å². The lowest BCUT2D eigenvalue weighted by Crippen LogP contribution is -2.26. The second-order valence-electron chi connectivity index (χ2n) is 11.8. The highest BCUT2D eigenvalue weighted by atomic mass is 16.5. The number of esters is 2. The first-order valence-electron chi connectivity index (χ1n) is 16.9. The Kier molecular flexibility index (Phi) is 16.7. The van der Waals surface area contributed by atoms with Gasteiger partial charge in [0.05, 0.1) is 26.2 Å². The molecule has 1 aliphatic carbocycles. The van der Waals surface area contributed by atoms with Gasteiger partial charge in [-0.25, -0.2) is 4.79 Å². The lowest BCUT2D eigenvalue weighted by molar-refractivity contribution is -0.140. The van der Waals surface area contributed by atoms with E-state index in [1.165, 1.54) is 17.9 Å². The van der Waals surface area contributed by atoms with Crippen LogP contribution in [-0.2, 0) is 25.5 Å². The molecule has 0 atom stereocenters. The minimum absolute atomic E-state index is 0.0802. The van der Waals surface area contributed by atoms with Crippen molar-refractivity contribution >= 4 is 24.4 Å². The van der Waals surface area contributed by atoms with Crippen molar-refractivity contribution < 1.29 is 33.3 Å². The van der Waals surface area contributed by atoms with Gasteiger partial charge in [0.25, 0.3) is 0 Å². The van der Waals surface area contributed by atoms with Gasteiger partial charge in [0.2, 0.25) is 0 Å². The summed E-state index contributed by atoms with van der Waals surface area (Å²) < 4.78 is 21.2. The summed E-state index contributed by atoms with van der Waals surface area (Å²) in [5.74, 6) is 1.48. The fraction of sp³-hybridized carbons (Fsp3) is 0.400. The average molecular weight is 656 g/mol. The maximum atomic E-state index is 12.4. The standard InChI is InChI=1S/C24H27NO3.C16H22O4/c1-2-3-17-4-8-19(9-5-17)23-13-12-22(14-21(23)15-25)28-24(27)20-10-6-18(16-26)7-11-20;1-3-16(17)20-13-7-5-4-6-12-19-15-10-8-14(18-2)9-11-15/h4-5,8-9,12-16,18,20,25H,2-3,6-7,10-11H2,1H3;3,8-11H,1,4-7,12-13H2,2H3. The van der Waals surface area contributed by atoms with E-state index in [9.17, 15) is 14.4 Å². The van der Waals surface area contributed by atoms with Gasteiger partial charge in [-0.15, -0.1) is 0 Å². The summed E-state index contributed by atoms with van der Waals surface area (Å²) in [6, 6.07) is 21.4. The quantitative estimate of drug-likeness (QED) is 0.0387. The fourth-order valence-corrected chi connectivity index (χ4v) is 5.47. The first kappa shape index (κ1) is 37.7. The summed E-state index contributed by atoms with van der Waals surface area (Å²) in [5, 5.41) is 7.76. The van der Waals surface area contributed by atoms with E-state index >= 15 is 0 Å². The maximum absolute atomic E-state index is 12.4. The van der Waals surface area contributed by atoms with Gasteiger partial charge in [0, 0.05) is 23.8 Å². The molecule has 0 saturated heterocycles. The molecule has 0 spiro atoms. The first-order chi connectivity index (χ1) is 23.4. The molecule has 3 aromatic rings. The zero-order chi connectivity index (χ0) is 34.6. The van der Waals surface area contributed by atoms with Gasteiger partial charge >= 0.3 is 11.9 Å². The Morgan fingerprint density at radius 2 is 1.50 bits per heavy atom. The SMILES string of the molecule is C=CC(=O)OCCCCCCOc1ccc(OC)cc1.CCCc1ccc(-c2ccc(OC(=O)C3CCC(C=O)CC3)cc2C=N)cc1. The molecule has 256 valence electrons. The molecule has 0 aromatic heterocycles. The Hall–Kier alpha value is -4.72. The Labute approximate surface area is 285 Å². The third-order valence-corrected chi connectivity index (χ3v) is 8.28. The van der Waals surface area contributed by atoms with Gasteiger partial charge < -0.3 is 29.2 Å². The lowest BCUT2D eigenvalue weighted by atomic mass is 9.83. The Morgan fingerprint density at radius 3 is 2.10 bits per heavy atom. The van der Waals surface area contributed by atoms with E-state index in [0.717, 1.165) is 85.8 Å². The summed E-state index contributed by atoms with van der Waals surface area (Å²) in [6.07, 6.45) is 12.5. The Morgan fingerprint density at radius 1 is 0.854 bits per heavy atom. The fourth-order valence-electron chi connectivity index (χ4n) is 5.47. The average Bonchev–Trinajstić information content (AvgIpc) is 3.13. The van der Waals surface area contributed by atoms with Crippen molar-refractivity contribution in [3.63, 3.8) is 0 Å². The predicted molar refractivity (Wildman–Crippen MR) is 189 cm³/mol. The van der Waals surface area contributed by atoms with E-state index in [-0.39, 0.29) is 23.8 Å². The van der Waals surface area contributed by atoms with Crippen LogP contribution in [0, 0.1) is 17.2 Å². The zero-order valence-electron chi connectivity index (χ0n) is 28.3. The maximum Gasteiger partial charge on any atom is 0.330 e. The molecular weight excluding hydrogens is 606 g/mol. The van der Waals surface area contributed by atoms with Crippen LogP contribution in [0.15, 0.2) is 79.4 Å². The number of carbonyl (C=O) groups is 3. The monoisotopic (exact) mass is 655 g/mol. The molecule has 0 amide bonds. The van der Waals surface area contributed by atoms with Gasteiger partial charge in [0.15, 0.2) is 0 Å². The van der Waals surface area contributed by atoms with Crippen LogP contribution in [0.3, 0.4) is 0 Å². The molecule has 3 aromatic carbocycles. The molecular formula is C40H49NO7. The van der Waals surface area contributed by atoms with Crippen molar-refractivity contribution in [1.82, 2.24) is 0 Å². The topological polar surface area (TPSA) is 112 Å². The van der Waals surface area contributed by atoms with Crippen LogP contribution >= 0.6 is 0 Å². The van der Waals surface area contributed by atoms with Gasteiger partial charge in [-0.1, -0.05) is 50.3 Å². The molecule has 0 radical (unpaired) electrons.